The minimum atomic E-state index is 0.558. The van der Waals surface area contributed by atoms with E-state index in [-0.39, 0.29) is 0 Å². The summed E-state index contributed by atoms with van der Waals surface area (Å²) >= 11 is 1.70. The second-order valence-corrected chi connectivity index (χ2v) is 4.56. The Labute approximate surface area is 97.2 Å². The molecule has 3 rings (SSSR count). The van der Waals surface area contributed by atoms with Gasteiger partial charge in [0, 0.05) is 18.9 Å². The van der Waals surface area contributed by atoms with E-state index in [1.54, 1.807) is 11.3 Å². The molecule has 0 amide bonds. The first-order valence-corrected chi connectivity index (χ1v) is 5.96. The molecule has 0 spiro atoms. The standard InChI is InChI=1S/C12H11N3S/c13-6-9-3-4-12-14-10(8-15(12)7-9)11-2-1-5-16-11/h1-5,7-8H,6,13H2. The van der Waals surface area contributed by atoms with E-state index in [1.165, 1.54) is 4.88 Å². The molecule has 0 aromatic carbocycles. The van der Waals surface area contributed by atoms with Gasteiger partial charge >= 0.3 is 0 Å². The quantitative estimate of drug-likeness (QED) is 0.733. The third-order valence-electron chi connectivity index (χ3n) is 2.52. The number of aromatic nitrogens is 2. The van der Waals surface area contributed by atoms with Crippen molar-refractivity contribution in [3.8, 4) is 10.6 Å². The van der Waals surface area contributed by atoms with Gasteiger partial charge in [-0.3, -0.25) is 0 Å². The monoisotopic (exact) mass is 229 g/mol. The van der Waals surface area contributed by atoms with Gasteiger partial charge in [0.1, 0.15) is 5.65 Å². The topological polar surface area (TPSA) is 43.3 Å². The number of nitrogens with two attached hydrogens (primary N) is 1. The highest BCUT2D eigenvalue weighted by Crippen LogP contribution is 2.24. The van der Waals surface area contributed by atoms with Crippen molar-refractivity contribution in [3.63, 3.8) is 0 Å². The van der Waals surface area contributed by atoms with Crippen LogP contribution in [-0.2, 0) is 6.54 Å². The van der Waals surface area contributed by atoms with E-state index in [0.29, 0.717) is 6.54 Å². The number of pyridine rings is 1. The number of hydrogen-bond donors (Lipinski definition) is 1. The zero-order valence-electron chi connectivity index (χ0n) is 8.63. The Morgan fingerprint density at radius 3 is 2.94 bits per heavy atom. The van der Waals surface area contributed by atoms with E-state index in [0.717, 1.165) is 16.9 Å². The lowest BCUT2D eigenvalue weighted by Crippen LogP contribution is -1.97. The van der Waals surface area contributed by atoms with Crippen LogP contribution in [-0.4, -0.2) is 9.38 Å². The van der Waals surface area contributed by atoms with Crippen molar-refractivity contribution in [2.24, 2.45) is 5.73 Å². The summed E-state index contributed by atoms with van der Waals surface area (Å²) in [6, 6.07) is 8.13. The number of nitrogens with zero attached hydrogens (tertiary/aromatic N) is 2. The van der Waals surface area contributed by atoms with Crippen LogP contribution in [0.1, 0.15) is 5.56 Å². The molecule has 0 aliphatic rings. The van der Waals surface area contributed by atoms with Crippen molar-refractivity contribution >= 4 is 17.0 Å². The van der Waals surface area contributed by atoms with E-state index in [4.69, 9.17) is 5.73 Å². The van der Waals surface area contributed by atoms with Crippen molar-refractivity contribution in [1.29, 1.82) is 0 Å². The Kier molecular flexibility index (Phi) is 2.23. The Hall–Kier alpha value is -1.65. The van der Waals surface area contributed by atoms with Crippen LogP contribution in [0.2, 0.25) is 0 Å². The van der Waals surface area contributed by atoms with Gasteiger partial charge in [0.15, 0.2) is 0 Å². The Morgan fingerprint density at radius 2 is 2.19 bits per heavy atom. The van der Waals surface area contributed by atoms with E-state index < -0.39 is 0 Å². The van der Waals surface area contributed by atoms with Crippen LogP contribution in [0.25, 0.3) is 16.2 Å². The molecule has 0 atom stereocenters. The zero-order chi connectivity index (χ0) is 11.0. The molecule has 0 aliphatic heterocycles. The number of thiophene rings is 1. The zero-order valence-corrected chi connectivity index (χ0v) is 9.45. The number of imidazole rings is 1. The third-order valence-corrected chi connectivity index (χ3v) is 3.41. The predicted molar refractivity (Wildman–Crippen MR) is 66.4 cm³/mol. The molecule has 80 valence electrons. The fourth-order valence-corrected chi connectivity index (χ4v) is 2.38. The van der Waals surface area contributed by atoms with E-state index in [1.807, 2.05) is 35.0 Å². The summed E-state index contributed by atoms with van der Waals surface area (Å²) in [6.45, 7) is 0.558. The van der Waals surface area contributed by atoms with E-state index in [2.05, 4.69) is 16.4 Å². The molecule has 3 aromatic rings. The molecule has 3 heterocycles. The number of hydrogen-bond acceptors (Lipinski definition) is 3. The molecule has 0 radical (unpaired) electrons. The first-order chi connectivity index (χ1) is 7.86. The maximum atomic E-state index is 5.61. The lowest BCUT2D eigenvalue weighted by atomic mass is 10.3. The second kappa shape index (κ2) is 3.73. The summed E-state index contributed by atoms with van der Waals surface area (Å²) in [7, 11) is 0. The maximum absolute atomic E-state index is 5.61. The first kappa shape index (κ1) is 9.57. The van der Waals surface area contributed by atoms with Crippen molar-refractivity contribution in [2.75, 3.05) is 0 Å². The fourth-order valence-electron chi connectivity index (χ4n) is 1.70. The third kappa shape index (κ3) is 1.52. The summed E-state index contributed by atoms with van der Waals surface area (Å²) in [5, 5.41) is 2.06. The molecule has 3 nitrogen and oxygen atoms in total. The van der Waals surface area contributed by atoms with Gasteiger partial charge in [0.05, 0.1) is 10.6 Å². The normalized spacial score (nSPS) is 11.1. The van der Waals surface area contributed by atoms with Gasteiger partial charge in [-0.1, -0.05) is 12.1 Å². The fraction of sp³-hybridized carbons (Fsp3) is 0.0833. The molecular formula is C12H11N3S. The summed E-state index contributed by atoms with van der Waals surface area (Å²) in [5.41, 5.74) is 8.70. The molecule has 0 bridgehead atoms. The SMILES string of the molecule is NCc1ccc2nc(-c3cccs3)cn2c1. The van der Waals surface area contributed by atoms with E-state index in [9.17, 15) is 0 Å². The molecule has 0 fully saturated rings. The van der Waals surface area contributed by atoms with Crippen LogP contribution in [0.5, 0.6) is 0 Å². The van der Waals surface area contributed by atoms with Crippen molar-refractivity contribution in [3.05, 3.63) is 47.6 Å². The lowest BCUT2D eigenvalue weighted by molar-refractivity contribution is 1.03. The highest BCUT2D eigenvalue weighted by Gasteiger charge is 2.04. The maximum Gasteiger partial charge on any atom is 0.137 e. The Balaban J connectivity index is 2.16. The van der Waals surface area contributed by atoms with E-state index >= 15 is 0 Å². The van der Waals surface area contributed by atoms with Gasteiger partial charge < -0.3 is 10.1 Å². The Morgan fingerprint density at radius 1 is 1.25 bits per heavy atom. The van der Waals surface area contributed by atoms with Crippen molar-refractivity contribution in [1.82, 2.24) is 9.38 Å². The smallest absolute Gasteiger partial charge is 0.137 e. The molecule has 0 unspecified atom stereocenters. The van der Waals surface area contributed by atoms with Crippen LogP contribution >= 0.6 is 11.3 Å². The lowest BCUT2D eigenvalue weighted by Gasteiger charge is -1.96. The van der Waals surface area contributed by atoms with Crippen molar-refractivity contribution in [2.45, 2.75) is 6.54 Å². The molecule has 0 saturated heterocycles. The average molecular weight is 229 g/mol. The van der Waals surface area contributed by atoms with Crippen LogP contribution in [0.15, 0.2) is 42.0 Å². The summed E-state index contributed by atoms with van der Waals surface area (Å²) in [5.74, 6) is 0. The molecule has 2 N–H and O–H groups in total. The highest BCUT2D eigenvalue weighted by molar-refractivity contribution is 7.13. The molecule has 16 heavy (non-hydrogen) atoms. The molecule has 0 saturated carbocycles. The van der Waals surface area contributed by atoms with Crippen LogP contribution < -0.4 is 5.73 Å². The molecule has 4 heteroatoms. The first-order valence-electron chi connectivity index (χ1n) is 5.08. The average Bonchev–Trinajstić information content (AvgIpc) is 2.96. The Bertz CT molecular complexity index is 610. The number of fused-ring (bicyclic) bond motifs is 1. The summed E-state index contributed by atoms with van der Waals surface area (Å²) < 4.78 is 2.03. The van der Waals surface area contributed by atoms with Crippen LogP contribution in [0, 0.1) is 0 Å². The molecule has 3 aromatic heterocycles. The summed E-state index contributed by atoms with van der Waals surface area (Å²) in [4.78, 5) is 5.76. The minimum absolute atomic E-state index is 0.558. The van der Waals surface area contributed by atoms with Gasteiger partial charge in [-0.25, -0.2) is 4.98 Å². The molecule has 0 aliphatic carbocycles. The highest BCUT2D eigenvalue weighted by atomic mass is 32.1. The van der Waals surface area contributed by atoms with Gasteiger partial charge in [-0.15, -0.1) is 11.3 Å². The van der Waals surface area contributed by atoms with Gasteiger partial charge in [0.25, 0.3) is 0 Å². The van der Waals surface area contributed by atoms with Gasteiger partial charge in [0.2, 0.25) is 0 Å². The largest absolute Gasteiger partial charge is 0.326 e. The summed E-state index contributed by atoms with van der Waals surface area (Å²) in [6.07, 6.45) is 4.07. The second-order valence-electron chi connectivity index (χ2n) is 3.61. The van der Waals surface area contributed by atoms with Gasteiger partial charge in [-0.05, 0) is 23.1 Å². The number of rotatable bonds is 2. The molecular weight excluding hydrogens is 218 g/mol. The predicted octanol–water partition coefficient (Wildman–Crippen LogP) is 2.52. The minimum Gasteiger partial charge on any atom is -0.326 e. The van der Waals surface area contributed by atoms with Gasteiger partial charge in [-0.2, -0.15) is 0 Å². The van der Waals surface area contributed by atoms with Crippen LogP contribution in [0.3, 0.4) is 0 Å². The van der Waals surface area contributed by atoms with Crippen molar-refractivity contribution < 1.29 is 0 Å². The van der Waals surface area contributed by atoms with Crippen LogP contribution in [0.4, 0.5) is 0 Å².